The van der Waals surface area contributed by atoms with Gasteiger partial charge < -0.3 is 15.2 Å². The van der Waals surface area contributed by atoms with Crippen molar-refractivity contribution in [3.8, 4) is 0 Å². The third kappa shape index (κ3) is 4.18. The summed E-state index contributed by atoms with van der Waals surface area (Å²) in [5, 5.41) is 0. The molecule has 7 heteroatoms. The fraction of sp³-hybridized carbons (Fsp3) is 0.583. The number of hydrogen-bond acceptors (Lipinski definition) is 2. The fourth-order valence-corrected chi connectivity index (χ4v) is 1.84. The van der Waals surface area contributed by atoms with E-state index in [1.807, 2.05) is 6.92 Å². The minimum Gasteiger partial charge on any atom is -0.397 e. The van der Waals surface area contributed by atoms with Crippen LogP contribution in [0.5, 0.6) is 0 Å². The number of alkyl halides is 3. The van der Waals surface area contributed by atoms with Crippen molar-refractivity contribution < 1.29 is 18.0 Å². The standard InChI is InChI=1S/C12H18F3N3O/c1-3-5-18-7-9(16)6-10(18)11(19)17(4-2)8-12(13,14)15/h6-7H,3-5,8,16H2,1-2H3. The molecule has 1 aromatic heterocycles. The first-order chi connectivity index (χ1) is 8.78. The summed E-state index contributed by atoms with van der Waals surface area (Å²) in [6.07, 6.45) is -2.07. The molecular formula is C12H18F3N3O. The molecule has 0 fully saturated rings. The van der Waals surface area contributed by atoms with Crippen LogP contribution in [-0.4, -0.2) is 34.6 Å². The number of rotatable bonds is 5. The Morgan fingerprint density at radius 3 is 2.53 bits per heavy atom. The van der Waals surface area contributed by atoms with Crippen LogP contribution in [0.3, 0.4) is 0 Å². The molecule has 108 valence electrons. The quantitative estimate of drug-likeness (QED) is 0.899. The van der Waals surface area contributed by atoms with Gasteiger partial charge in [0.15, 0.2) is 0 Å². The molecule has 19 heavy (non-hydrogen) atoms. The number of amides is 1. The second-order valence-electron chi connectivity index (χ2n) is 4.29. The summed E-state index contributed by atoms with van der Waals surface area (Å²) in [6.45, 7) is 2.72. The molecule has 0 spiro atoms. The molecule has 0 saturated carbocycles. The van der Waals surface area contributed by atoms with Crippen molar-refractivity contribution in [1.82, 2.24) is 9.47 Å². The van der Waals surface area contributed by atoms with Crippen LogP contribution in [0.25, 0.3) is 0 Å². The molecule has 1 amide bonds. The molecular weight excluding hydrogens is 259 g/mol. The lowest BCUT2D eigenvalue weighted by molar-refractivity contribution is -0.140. The van der Waals surface area contributed by atoms with Crippen LogP contribution < -0.4 is 5.73 Å². The zero-order valence-corrected chi connectivity index (χ0v) is 11.0. The van der Waals surface area contributed by atoms with Crippen LogP contribution in [0.4, 0.5) is 18.9 Å². The first-order valence-electron chi connectivity index (χ1n) is 6.10. The van der Waals surface area contributed by atoms with Gasteiger partial charge in [-0.05, 0) is 19.4 Å². The van der Waals surface area contributed by atoms with E-state index in [2.05, 4.69) is 0 Å². The molecule has 0 bridgehead atoms. The highest BCUT2D eigenvalue weighted by atomic mass is 19.4. The van der Waals surface area contributed by atoms with Crippen molar-refractivity contribution >= 4 is 11.6 Å². The Morgan fingerprint density at radius 1 is 1.42 bits per heavy atom. The number of anilines is 1. The monoisotopic (exact) mass is 277 g/mol. The summed E-state index contributed by atoms with van der Waals surface area (Å²) in [4.78, 5) is 12.9. The fourth-order valence-electron chi connectivity index (χ4n) is 1.84. The van der Waals surface area contributed by atoms with Gasteiger partial charge in [-0.2, -0.15) is 13.2 Å². The van der Waals surface area contributed by atoms with Crippen molar-refractivity contribution in [3.05, 3.63) is 18.0 Å². The van der Waals surface area contributed by atoms with Gasteiger partial charge in [0.1, 0.15) is 12.2 Å². The Labute approximate surface area is 110 Å². The van der Waals surface area contributed by atoms with Crippen LogP contribution in [0.15, 0.2) is 12.3 Å². The summed E-state index contributed by atoms with van der Waals surface area (Å²) in [5.74, 6) is -0.648. The van der Waals surface area contributed by atoms with Crippen molar-refractivity contribution in [2.75, 3.05) is 18.8 Å². The number of nitrogens with zero attached hydrogens (tertiary/aromatic N) is 2. The van der Waals surface area contributed by atoms with Crippen LogP contribution >= 0.6 is 0 Å². The Bertz CT molecular complexity index is 440. The lowest BCUT2D eigenvalue weighted by atomic mass is 10.3. The summed E-state index contributed by atoms with van der Waals surface area (Å²) in [7, 11) is 0. The van der Waals surface area contributed by atoms with Gasteiger partial charge in [0.2, 0.25) is 0 Å². The SMILES string of the molecule is CCCn1cc(N)cc1C(=O)N(CC)CC(F)(F)F. The molecule has 0 aliphatic rings. The van der Waals surface area contributed by atoms with E-state index in [9.17, 15) is 18.0 Å². The summed E-state index contributed by atoms with van der Waals surface area (Å²) in [6, 6.07) is 1.41. The number of hydrogen-bond donors (Lipinski definition) is 1. The lowest BCUT2D eigenvalue weighted by Gasteiger charge is -2.22. The zero-order chi connectivity index (χ0) is 14.6. The lowest BCUT2D eigenvalue weighted by Crippen LogP contribution is -2.39. The smallest absolute Gasteiger partial charge is 0.397 e. The van der Waals surface area contributed by atoms with Crippen LogP contribution in [0.1, 0.15) is 30.8 Å². The highest BCUT2D eigenvalue weighted by molar-refractivity contribution is 5.93. The molecule has 0 saturated heterocycles. The molecule has 0 aliphatic heterocycles. The van der Waals surface area contributed by atoms with Gasteiger partial charge in [0.05, 0.1) is 5.69 Å². The van der Waals surface area contributed by atoms with Crippen molar-refractivity contribution in [2.24, 2.45) is 0 Å². The second-order valence-corrected chi connectivity index (χ2v) is 4.29. The third-order valence-corrected chi connectivity index (χ3v) is 2.64. The van der Waals surface area contributed by atoms with E-state index in [4.69, 9.17) is 5.73 Å². The topological polar surface area (TPSA) is 51.3 Å². The van der Waals surface area contributed by atoms with Crippen molar-refractivity contribution in [3.63, 3.8) is 0 Å². The minimum atomic E-state index is -4.40. The molecule has 0 radical (unpaired) electrons. The zero-order valence-electron chi connectivity index (χ0n) is 11.0. The number of halogens is 3. The molecule has 1 heterocycles. The first kappa shape index (κ1) is 15.4. The van der Waals surface area contributed by atoms with Crippen LogP contribution in [0.2, 0.25) is 0 Å². The minimum absolute atomic E-state index is 0.00441. The number of carbonyl (C=O) groups excluding carboxylic acids is 1. The maximum absolute atomic E-state index is 12.4. The normalized spacial score (nSPS) is 11.6. The van der Waals surface area contributed by atoms with Crippen LogP contribution in [-0.2, 0) is 6.54 Å². The Morgan fingerprint density at radius 2 is 2.05 bits per heavy atom. The Hall–Kier alpha value is -1.66. The van der Waals surface area contributed by atoms with E-state index in [0.717, 1.165) is 11.3 Å². The number of nitrogens with two attached hydrogens (primary N) is 1. The molecule has 0 aromatic carbocycles. The Kier molecular flexibility index (Phi) is 4.85. The molecule has 0 atom stereocenters. The van der Waals surface area contributed by atoms with E-state index in [1.54, 1.807) is 10.8 Å². The van der Waals surface area contributed by atoms with Gasteiger partial charge >= 0.3 is 6.18 Å². The number of nitrogen functional groups attached to an aromatic ring is 1. The molecule has 4 nitrogen and oxygen atoms in total. The van der Waals surface area contributed by atoms with E-state index >= 15 is 0 Å². The van der Waals surface area contributed by atoms with Crippen LogP contribution in [0, 0.1) is 0 Å². The summed E-state index contributed by atoms with van der Waals surface area (Å²) < 4.78 is 38.8. The second kappa shape index (κ2) is 5.99. The van der Waals surface area contributed by atoms with Gasteiger partial charge in [-0.3, -0.25) is 4.79 Å². The molecule has 1 aromatic rings. The van der Waals surface area contributed by atoms with E-state index in [0.29, 0.717) is 12.2 Å². The maximum atomic E-state index is 12.4. The summed E-state index contributed by atoms with van der Waals surface area (Å²) in [5.41, 5.74) is 6.18. The maximum Gasteiger partial charge on any atom is 0.406 e. The highest BCUT2D eigenvalue weighted by Crippen LogP contribution is 2.19. The van der Waals surface area contributed by atoms with E-state index in [-0.39, 0.29) is 12.2 Å². The van der Waals surface area contributed by atoms with Gasteiger partial charge in [-0.25, -0.2) is 0 Å². The predicted molar refractivity (Wildman–Crippen MR) is 66.8 cm³/mol. The largest absolute Gasteiger partial charge is 0.406 e. The molecule has 0 aliphatic carbocycles. The van der Waals surface area contributed by atoms with Gasteiger partial charge in [0.25, 0.3) is 5.91 Å². The average molecular weight is 277 g/mol. The number of carbonyl (C=O) groups is 1. The summed E-state index contributed by atoms with van der Waals surface area (Å²) >= 11 is 0. The molecule has 1 rings (SSSR count). The number of aromatic nitrogens is 1. The highest BCUT2D eigenvalue weighted by Gasteiger charge is 2.33. The van der Waals surface area contributed by atoms with Crippen molar-refractivity contribution in [2.45, 2.75) is 33.0 Å². The van der Waals surface area contributed by atoms with Gasteiger partial charge in [-0.15, -0.1) is 0 Å². The average Bonchev–Trinajstić information content (AvgIpc) is 2.65. The predicted octanol–water partition coefficient (Wildman–Crippen LogP) is 2.50. The molecule has 2 N–H and O–H groups in total. The van der Waals surface area contributed by atoms with E-state index in [1.165, 1.54) is 13.0 Å². The molecule has 0 unspecified atom stereocenters. The number of aryl methyl sites for hydroxylation is 1. The third-order valence-electron chi connectivity index (χ3n) is 2.64. The van der Waals surface area contributed by atoms with Gasteiger partial charge in [-0.1, -0.05) is 6.92 Å². The van der Waals surface area contributed by atoms with Gasteiger partial charge in [0, 0.05) is 19.3 Å². The van der Waals surface area contributed by atoms with Crippen molar-refractivity contribution in [1.29, 1.82) is 0 Å². The Balaban J connectivity index is 2.97. The first-order valence-corrected chi connectivity index (χ1v) is 6.10. The van der Waals surface area contributed by atoms with E-state index < -0.39 is 18.6 Å².